The van der Waals surface area contributed by atoms with Gasteiger partial charge in [-0.3, -0.25) is 4.79 Å². The minimum atomic E-state index is -0.0430. The fourth-order valence-corrected chi connectivity index (χ4v) is 1.97. The van der Waals surface area contributed by atoms with Gasteiger partial charge in [-0.05, 0) is 0 Å². The molecule has 3 rings (SSSR count). The van der Waals surface area contributed by atoms with Gasteiger partial charge in [0.2, 0.25) is 0 Å². The molecule has 0 N–H and O–H groups in total. The van der Waals surface area contributed by atoms with Crippen LogP contribution < -0.4 is 0 Å². The van der Waals surface area contributed by atoms with E-state index in [0.29, 0.717) is 5.92 Å². The van der Waals surface area contributed by atoms with Crippen LogP contribution in [0.4, 0.5) is 0 Å². The van der Waals surface area contributed by atoms with Crippen molar-refractivity contribution in [2.24, 2.45) is 22.1 Å². The topological polar surface area (TPSA) is 51.0 Å². The van der Waals surface area contributed by atoms with Crippen molar-refractivity contribution in [1.82, 2.24) is 0 Å². The van der Waals surface area contributed by atoms with E-state index in [0.717, 1.165) is 6.54 Å². The first kappa shape index (κ1) is 4.82. The molecule has 4 heteroatoms. The summed E-state index contributed by atoms with van der Waals surface area (Å²) in [5, 5.41) is 7.84. The van der Waals surface area contributed by atoms with Crippen molar-refractivity contribution in [2.45, 2.75) is 12.1 Å². The number of esters is 1. The lowest BCUT2D eigenvalue weighted by molar-refractivity contribution is -0.218. The predicted molar refractivity (Wildman–Crippen MR) is 30.4 cm³/mol. The van der Waals surface area contributed by atoms with Crippen LogP contribution in [-0.2, 0) is 9.53 Å². The number of rotatable bonds is 0. The lowest BCUT2D eigenvalue weighted by Gasteiger charge is -2.51. The van der Waals surface area contributed by atoms with Gasteiger partial charge in [0.05, 0.1) is 6.54 Å². The highest BCUT2D eigenvalue weighted by Crippen LogP contribution is 2.49. The molecule has 4 atom stereocenters. The molecule has 0 unspecified atom stereocenters. The zero-order valence-corrected chi connectivity index (χ0v) is 5.23. The second kappa shape index (κ2) is 1.24. The molecule has 1 aliphatic carbocycles. The molecular formula is C6H6N2O2. The Labute approximate surface area is 57.3 Å². The molecule has 10 heavy (non-hydrogen) atoms. The average molecular weight is 138 g/mol. The van der Waals surface area contributed by atoms with Crippen molar-refractivity contribution in [3.63, 3.8) is 0 Å². The van der Waals surface area contributed by atoms with Crippen molar-refractivity contribution in [2.75, 3.05) is 6.54 Å². The van der Waals surface area contributed by atoms with E-state index in [-0.39, 0.29) is 24.0 Å². The van der Waals surface area contributed by atoms with Gasteiger partial charge in [0, 0.05) is 5.92 Å². The summed E-state index contributed by atoms with van der Waals surface area (Å²) in [5.74, 6) is 0.504. The number of nitrogens with zero attached hydrogens (tertiary/aromatic N) is 2. The highest BCUT2D eigenvalue weighted by atomic mass is 16.6. The maximum Gasteiger partial charge on any atom is 0.313 e. The predicted octanol–water partition coefficient (Wildman–Crippen LogP) is -0.00780. The van der Waals surface area contributed by atoms with Gasteiger partial charge in [0.15, 0.2) is 0 Å². The van der Waals surface area contributed by atoms with Crippen LogP contribution in [0.25, 0.3) is 0 Å². The summed E-state index contributed by atoms with van der Waals surface area (Å²) in [6, 6.07) is 0.225. The SMILES string of the molecule is O=C1O[C@H]2[C@@H]3N=NC[C@@H]3[C@@H]12. The fraction of sp³-hybridized carbons (Fsp3) is 0.833. The standard InChI is InChI=1S/C6H6N2O2/c9-6-3-2-1-7-8-4(2)5(3)10-6/h2-5H,1H2/t2-,3-,4-,5-/m1/s1. The third kappa shape index (κ3) is 0.308. The van der Waals surface area contributed by atoms with Gasteiger partial charge >= 0.3 is 5.97 Å². The first-order valence-electron chi connectivity index (χ1n) is 3.45. The number of ether oxygens (including phenoxy) is 1. The van der Waals surface area contributed by atoms with E-state index in [1.165, 1.54) is 0 Å². The van der Waals surface area contributed by atoms with Crippen LogP contribution in [-0.4, -0.2) is 24.7 Å². The number of fused-ring (bicyclic) bond motifs is 4. The van der Waals surface area contributed by atoms with Crippen LogP contribution in [0.15, 0.2) is 10.2 Å². The zero-order valence-electron chi connectivity index (χ0n) is 5.23. The summed E-state index contributed by atoms with van der Waals surface area (Å²) in [7, 11) is 0. The second-order valence-electron chi connectivity index (χ2n) is 3.02. The monoisotopic (exact) mass is 138 g/mol. The summed E-state index contributed by atoms with van der Waals surface area (Å²) in [5.41, 5.74) is 0. The van der Waals surface area contributed by atoms with Crippen LogP contribution in [0.1, 0.15) is 0 Å². The number of azo groups is 1. The molecule has 2 aliphatic heterocycles. The molecule has 1 saturated heterocycles. The van der Waals surface area contributed by atoms with Crippen LogP contribution in [0.3, 0.4) is 0 Å². The Morgan fingerprint density at radius 2 is 2.50 bits per heavy atom. The molecular weight excluding hydrogens is 132 g/mol. The van der Waals surface area contributed by atoms with Gasteiger partial charge in [0.25, 0.3) is 0 Å². The maximum atomic E-state index is 10.7. The third-order valence-corrected chi connectivity index (χ3v) is 2.62. The fourth-order valence-electron chi connectivity index (χ4n) is 1.97. The summed E-state index contributed by atoms with van der Waals surface area (Å²) < 4.78 is 4.86. The Balaban J connectivity index is 1.91. The summed E-state index contributed by atoms with van der Waals surface area (Å²) in [6.07, 6.45) is 0.101. The number of hydrogen-bond donors (Lipinski definition) is 0. The van der Waals surface area contributed by atoms with Crippen molar-refractivity contribution in [3.8, 4) is 0 Å². The highest BCUT2D eigenvalue weighted by Gasteiger charge is 2.65. The lowest BCUT2D eigenvalue weighted by Crippen LogP contribution is -2.67. The quantitative estimate of drug-likeness (QED) is 0.442. The second-order valence-corrected chi connectivity index (χ2v) is 3.02. The Kier molecular flexibility index (Phi) is 0.595. The lowest BCUT2D eigenvalue weighted by atomic mass is 9.64. The van der Waals surface area contributed by atoms with Gasteiger partial charge in [-0.25, -0.2) is 0 Å². The van der Waals surface area contributed by atoms with Crippen molar-refractivity contribution >= 4 is 5.97 Å². The van der Waals surface area contributed by atoms with Gasteiger partial charge in [0.1, 0.15) is 18.1 Å². The largest absolute Gasteiger partial charge is 0.459 e. The van der Waals surface area contributed by atoms with Crippen LogP contribution in [0.5, 0.6) is 0 Å². The Morgan fingerprint density at radius 1 is 1.60 bits per heavy atom. The molecule has 0 aromatic heterocycles. The van der Waals surface area contributed by atoms with Gasteiger partial charge < -0.3 is 4.74 Å². The average Bonchev–Trinajstić information content (AvgIpc) is 2.25. The van der Waals surface area contributed by atoms with Gasteiger partial charge in [-0.1, -0.05) is 0 Å². The number of carbonyl (C=O) groups is 1. The molecule has 4 nitrogen and oxygen atoms in total. The van der Waals surface area contributed by atoms with E-state index in [1.807, 2.05) is 0 Å². The van der Waals surface area contributed by atoms with Crippen LogP contribution in [0.2, 0.25) is 0 Å². The highest BCUT2D eigenvalue weighted by molar-refractivity contribution is 5.81. The Hall–Kier alpha value is -0.930. The third-order valence-electron chi connectivity index (χ3n) is 2.62. The van der Waals surface area contributed by atoms with E-state index < -0.39 is 0 Å². The zero-order chi connectivity index (χ0) is 6.72. The maximum absolute atomic E-state index is 10.7. The van der Waals surface area contributed by atoms with Crippen LogP contribution in [0, 0.1) is 11.8 Å². The molecule has 3 aliphatic rings. The molecule has 0 radical (unpaired) electrons. The van der Waals surface area contributed by atoms with Crippen molar-refractivity contribution < 1.29 is 9.53 Å². The summed E-state index contributed by atoms with van der Waals surface area (Å²) in [4.78, 5) is 10.7. The first-order chi connectivity index (χ1) is 4.88. The van der Waals surface area contributed by atoms with Crippen molar-refractivity contribution in [3.05, 3.63) is 0 Å². The smallest absolute Gasteiger partial charge is 0.313 e. The van der Waals surface area contributed by atoms with E-state index in [9.17, 15) is 4.79 Å². The van der Waals surface area contributed by atoms with Crippen molar-refractivity contribution in [1.29, 1.82) is 0 Å². The minimum Gasteiger partial charge on any atom is -0.459 e. The summed E-state index contributed by atoms with van der Waals surface area (Å²) >= 11 is 0. The molecule has 0 bridgehead atoms. The normalized spacial score (nSPS) is 54.2. The molecule has 2 fully saturated rings. The molecule has 1 saturated carbocycles. The molecule has 0 aromatic rings. The van der Waals surface area contributed by atoms with Gasteiger partial charge in [-0.15, -0.1) is 0 Å². The summed E-state index contributed by atoms with van der Waals surface area (Å²) in [6.45, 7) is 0.737. The molecule has 52 valence electrons. The molecule has 0 amide bonds. The van der Waals surface area contributed by atoms with E-state index in [2.05, 4.69) is 10.2 Å². The molecule has 2 heterocycles. The van der Waals surface area contributed by atoms with Crippen LogP contribution >= 0.6 is 0 Å². The van der Waals surface area contributed by atoms with E-state index in [4.69, 9.17) is 4.74 Å². The Morgan fingerprint density at radius 3 is 3.30 bits per heavy atom. The number of hydrogen-bond acceptors (Lipinski definition) is 4. The molecule has 0 spiro atoms. The minimum absolute atomic E-state index is 0.0430. The molecule has 0 aromatic carbocycles. The first-order valence-corrected chi connectivity index (χ1v) is 3.45. The van der Waals surface area contributed by atoms with Gasteiger partial charge in [-0.2, -0.15) is 10.2 Å². The van der Waals surface area contributed by atoms with E-state index >= 15 is 0 Å². The number of carbonyl (C=O) groups excluding carboxylic acids is 1. The Bertz CT molecular complexity index is 238. The van der Waals surface area contributed by atoms with E-state index in [1.54, 1.807) is 0 Å².